The Labute approximate surface area is 88.5 Å². The third-order valence-corrected chi connectivity index (χ3v) is 2.37. The van der Waals surface area contributed by atoms with Crippen LogP contribution in [0.3, 0.4) is 0 Å². The molecule has 0 heterocycles. The lowest BCUT2D eigenvalue weighted by Gasteiger charge is -2.16. The minimum Gasteiger partial charge on any atom is -0.511 e. The predicted octanol–water partition coefficient (Wildman–Crippen LogP) is 1.65. The first-order valence-electron chi connectivity index (χ1n) is 4.51. The van der Waals surface area contributed by atoms with E-state index in [1.807, 2.05) is 0 Å². The summed E-state index contributed by atoms with van der Waals surface area (Å²) in [4.78, 5) is 11.8. The van der Waals surface area contributed by atoms with Gasteiger partial charge in [-0.3, -0.25) is 4.79 Å². The van der Waals surface area contributed by atoms with Crippen LogP contribution in [0, 0.1) is 0 Å². The summed E-state index contributed by atoms with van der Waals surface area (Å²) in [5, 5.41) is 12.4. The van der Waals surface area contributed by atoms with Crippen molar-refractivity contribution in [1.29, 1.82) is 0 Å². The first-order chi connectivity index (χ1) is 6.66. The van der Waals surface area contributed by atoms with Crippen LogP contribution in [-0.4, -0.2) is 22.4 Å². The van der Waals surface area contributed by atoms with Crippen LogP contribution in [0.1, 0.15) is 19.3 Å². The van der Waals surface area contributed by atoms with Gasteiger partial charge in [0.2, 0.25) is 0 Å². The third kappa shape index (κ3) is 2.42. The van der Waals surface area contributed by atoms with Crippen molar-refractivity contribution in [2.24, 2.45) is 0 Å². The molecule has 0 aliphatic heterocycles. The normalized spacial score (nSPS) is 16.7. The molecule has 1 rings (SSSR count). The average molecular weight is 211 g/mol. The summed E-state index contributed by atoms with van der Waals surface area (Å²) in [6.07, 6.45) is 3.36. The van der Waals surface area contributed by atoms with Gasteiger partial charge in [-0.25, -0.2) is 0 Å². The largest absolute Gasteiger partial charge is 0.511 e. The zero-order chi connectivity index (χ0) is 10.6. The summed E-state index contributed by atoms with van der Waals surface area (Å²) in [5.74, 6) is 0.0399. The molecule has 0 aromatic carbocycles. The van der Waals surface area contributed by atoms with E-state index in [2.05, 4.69) is 11.9 Å². The minimum absolute atomic E-state index is 0.0738. The van der Waals surface area contributed by atoms with Gasteiger partial charge in [-0.1, -0.05) is 18.3 Å². The van der Waals surface area contributed by atoms with Gasteiger partial charge in [0, 0.05) is 19.4 Å². The molecule has 0 aromatic heterocycles. The number of carbonyl (C=O) groups excluding carboxylic acids is 1. The molecule has 2 N–H and O–H groups in total. The molecule has 0 atom stereocenters. The molecule has 1 aliphatic carbocycles. The van der Waals surface area contributed by atoms with Gasteiger partial charge in [0.15, 0.2) is 5.78 Å². The van der Waals surface area contributed by atoms with Gasteiger partial charge < -0.3 is 10.4 Å². The van der Waals surface area contributed by atoms with E-state index in [9.17, 15) is 9.90 Å². The monoisotopic (exact) mass is 211 g/mol. The second-order valence-electron chi connectivity index (χ2n) is 3.10. The summed E-state index contributed by atoms with van der Waals surface area (Å²) >= 11 is 5.00. The maximum absolute atomic E-state index is 11.4. The molecule has 76 valence electrons. The average Bonchev–Trinajstić information content (AvgIpc) is 2.14. The number of nitrogens with one attached hydrogen (secondary N) is 1. The molecule has 14 heavy (non-hydrogen) atoms. The zero-order valence-electron chi connectivity index (χ0n) is 7.88. The van der Waals surface area contributed by atoms with E-state index >= 15 is 0 Å². The van der Waals surface area contributed by atoms with Crippen molar-refractivity contribution in [1.82, 2.24) is 5.32 Å². The van der Waals surface area contributed by atoms with Crippen molar-refractivity contribution >= 4 is 23.0 Å². The van der Waals surface area contributed by atoms with Crippen molar-refractivity contribution in [3.63, 3.8) is 0 Å². The highest BCUT2D eigenvalue weighted by Gasteiger charge is 2.23. The molecule has 0 aromatic rings. The van der Waals surface area contributed by atoms with Gasteiger partial charge in [-0.05, 0) is 6.42 Å². The molecular formula is C10H13NO2S. The highest BCUT2D eigenvalue weighted by atomic mass is 32.1. The number of Topliss-reactive ketones (excluding diaryl/α,β-unsaturated/α-hetero) is 1. The van der Waals surface area contributed by atoms with Gasteiger partial charge in [-0.2, -0.15) is 0 Å². The molecule has 1 aliphatic rings. The van der Waals surface area contributed by atoms with Crippen LogP contribution in [0.5, 0.6) is 0 Å². The number of aliphatic hydroxyl groups excluding tert-OH is 1. The van der Waals surface area contributed by atoms with Gasteiger partial charge in [0.1, 0.15) is 10.7 Å². The summed E-state index contributed by atoms with van der Waals surface area (Å²) in [7, 11) is 0. The van der Waals surface area contributed by atoms with E-state index in [1.54, 1.807) is 6.08 Å². The van der Waals surface area contributed by atoms with E-state index in [4.69, 9.17) is 12.2 Å². The zero-order valence-corrected chi connectivity index (χ0v) is 8.69. The van der Waals surface area contributed by atoms with Crippen molar-refractivity contribution < 1.29 is 9.90 Å². The molecule has 0 radical (unpaired) electrons. The first kappa shape index (κ1) is 10.9. The Morgan fingerprint density at radius 1 is 1.64 bits per heavy atom. The number of thiocarbonyl (C=S) groups is 1. The third-order valence-electron chi connectivity index (χ3n) is 2.02. The second-order valence-corrected chi connectivity index (χ2v) is 3.51. The number of rotatable bonds is 3. The summed E-state index contributed by atoms with van der Waals surface area (Å²) in [6.45, 7) is 4.03. The lowest BCUT2D eigenvalue weighted by atomic mass is 9.96. The first-order valence-corrected chi connectivity index (χ1v) is 4.92. The lowest BCUT2D eigenvalue weighted by Crippen LogP contribution is -2.29. The fourth-order valence-corrected chi connectivity index (χ4v) is 1.65. The quantitative estimate of drug-likeness (QED) is 0.550. The van der Waals surface area contributed by atoms with Crippen LogP contribution >= 0.6 is 12.2 Å². The fraction of sp³-hybridized carbons (Fsp3) is 0.400. The Hall–Kier alpha value is -1.16. The van der Waals surface area contributed by atoms with E-state index in [-0.39, 0.29) is 17.1 Å². The minimum atomic E-state index is -0.0738. The lowest BCUT2D eigenvalue weighted by molar-refractivity contribution is -0.115. The molecule has 0 fully saturated rings. The number of aliphatic hydroxyl groups is 1. The Morgan fingerprint density at radius 2 is 2.36 bits per heavy atom. The smallest absolute Gasteiger partial charge is 0.169 e. The van der Waals surface area contributed by atoms with Crippen LogP contribution < -0.4 is 5.32 Å². The van der Waals surface area contributed by atoms with Gasteiger partial charge in [0.25, 0.3) is 0 Å². The fourth-order valence-electron chi connectivity index (χ4n) is 1.34. The van der Waals surface area contributed by atoms with Gasteiger partial charge >= 0.3 is 0 Å². The van der Waals surface area contributed by atoms with Crippen LogP contribution in [0.2, 0.25) is 0 Å². The molecule has 0 saturated carbocycles. The molecule has 3 nitrogen and oxygen atoms in total. The molecule has 0 bridgehead atoms. The SMILES string of the molecule is C=CCNC(=S)C1=C(O)CCCC1=O. The Kier molecular flexibility index (Phi) is 3.83. The van der Waals surface area contributed by atoms with Crippen molar-refractivity contribution in [3.05, 3.63) is 24.0 Å². The Morgan fingerprint density at radius 3 is 2.93 bits per heavy atom. The Balaban J connectivity index is 2.77. The van der Waals surface area contributed by atoms with Crippen LogP contribution in [0.4, 0.5) is 0 Å². The van der Waals surface area contributed by atoms with E-state index in [1.165, 1.54) is 0 Å². The van der Waals surface area contributed by atoms with Crippen LogP contribution in [0.25, 0.3) is 0 Å². The Bertz CT molecular complexity index is 307. The molecule has 0 amide bonds. The second kappa shape index (κ2) is 4.91. The standard InChI is InChI=1S/C10H13NO2S/c1-2-6-11-10(14)9-7(12)4-3-5-8(9)13/h2,12H,1,3-6H2,(H,11,14). The molecular weight excluding hydrogens is 198 g/mol. The van der Waals surface area contributed by atoms with Crippen LogP contribution in [-0.2, 0) is 4.79 Å². The van der Waals surface area contributed by atoms with Crippen molar-refractivity contribution in [2.45, 2.75) is 19.3 Å². The summed E-state index contributed by atoms with van der Waals surface area (Å²) < 4.78 is 0. The number of hydrogen-bond acceptors (Lipinski definition) is 3. The van der Waals surface area contributed by atoms with Crippen molar-refractivity contribution in [3.8, 4) is 0 Å². The van der Waals surface area contributed by atoms with E-state index in [0.29, 0.717) is 30.8 Å². The van der Waals surface area contributed by atoms with E-state index < -0.39 is 0 Å². The van der Waals surface area contributed by atoms with Crippen molar-refractivity contribution in [2.75, 3.05) is 6.54 Å². The highest BCUT2D eigenvalue weighted by Crippen LogP contribution is 2.20. The number of carbonyl (C=O) groups is 1. The van der Waals surface area contributed by atoms with E-state index in [0.717, 1.165) is 0 Å². The number of allylic oxidation sites excluding steroid dienone is 1. The maximum Gasteiger partial charge on any atom is 0.169 e. The summed E-state index contributed by atoms with van der Waals surface area (Å²) in [5.41, 5.74) is 0.285. The maximum atomic E-state index is 11.4. The number of hydrogen-bond donors (Lipinski definition) is 2. The molecule has 0 unspecified atom stereocenters. The highest BCUT2D eigenvalue weighted by molar-refractivity contribution is 7.80. The number of ketones is 1. The van der Waals surface area contributed by atoms with Gasteiger partial charge in [-0.15, -0.1) is 6.58 Å². The predicted molar refractivity (Wildman–Crippen MR) is 59.3 cm³/mol. The molecule has 0 spiro atoms. The van der Waals surface area contributed by atoms with Crippen LogP contribution in [0.15, 0.2) is 24.0 Å². The van der Waals surface area contributed by atoms with Gasteiger partial charge in [0.05, 0.1) is 5.57 Å². The molecule has 4 heteroatoms. The topological polar surface area (TPSA) is 49.3 Å². The molecule has 0 saturated heterocycles. The summed E-state index contributed by atoms with van der Waals surface area (Å²) in [6, 6.07) is 0.